The number of halogens is 1. The number of nitrogens with one attached hydrogen (secondary N) is 1. The van der Waals surface area contributed by atoms with E-state index in [-0.39, 0.29) is 12.7 Å². The third-order valence-electron chi connectivity index (χ3n) is 2.85. The Morgan fingerprint density at radius 2 is 2.14 bits per heavy atom. The van der Waals surface area contributed by atoms with Crippen molar-refractivity contribution in [2.75, 3.05) is 6.79 Å². The minimum atomic E-state index is -0.257. The zero-order chi connectivity index (χ0) is 14.8. The van der Waals surface area contributed by atoms with Crippen molar-refractivity contribution in [1.82, 2.24) is 5.43 Å². The second kappa shape index (κ2) is 5.75. The van der Waals surface area contributed by atoms with Crippen LogP contribution in [0.5, 0.6) is 11.5 Å². The highest BCUT2D eigenvalue weighted by Gasteiger charge is 2.15. The van der Waals surface area contributed by atoms with Crippen LogP contribution in [0.1, 0.15) is 20.8 Å². The van der Waals surface area contributed by atoms with Gasteiger partial charge in [-0.2, -0.15) is 5.10 Å². The first-order chi connectivity index (χ1) is 10.1. The molecule has 7 heteroatoms. The highest BCUT2D eigenvalue weighted by molar-refractivity contribution is 7.10. The van der Waals surface area contributed by atoms with Crippen LogP contribution in [0, 0.1) is 6.92 Å². The molecule has 0 aliphatic carbocycles. The average Bonchev–Trinajstić information content (AvgIpc) is 3.07. The number of rotatable bonds is 3. The Bertz CT molecular complexity index is 727. The van der Waals surface area contributed by atoms with Gasteiger partial charge >= 0.3 is 0 Å². The van der Waals surface area contributed by atoms with E-state index in [4.69, 9.17) is 21.1 Å². The smallest absolute Gasteiger partial charge is 0.272 e. The molecule has 0 saturated carbocycles. The molecule has 1 aromatic heterocycles. The average molecular weight is 323 g/mol. The number of hydrogen-bond acceptors (Lipinski definition) is 5. The fourth-order valence-corrected chi connectivity index (χ4v) is 2.70. The fraction of sp³-hybridized carbons (Fsp3) is 0.143. The maximum Gasteiger partial charge on any atom is 0.272 e. The number of hydrazone groups is 1. The number of carbonyl (C=O) groups is 1. The van der Waals surface area contributed by atoms with Crippen molar-refractivity contribution in [3.05, 3.63) is 44.6 Å². The highest BCUT2D eigenvalue weighted by atomic mass is 35.5. The third-order valence-corrected chi connectivity index (χ3v) is 4.04. The minimum absolute atomic E-state index is 0.181. The second-order valence-corrected chi connectivity index (χ2v) is 5.89. The van der Waals surface area contributed by atoms with Gasteiger partial charge in [0.15, 0.2) is 11.5 Å². The summed E-state index contributed by atoms with van der Waals surface area (Å²) in [5.41, 5.74) is 3.69. The summed E-state index contributed by atoms with van der Waals surface area (Å²) in [6.07, 6.45) is 1.47. The van der Waals surface area contributed by atoms with Gasteiger partial charge in [-0.05, 0) is 19.1 Å². The minimum Gasteiger partial charge on any atom is -0.454 e. The number of aryl methyl sites for hydroxylation is 1. The number of ether oxygens (including phenoxy) is 2. The van der Waals surface area contributed by atoms with Gasteiger partial charge in [0.1, 0.15) is 0 Å². The second-order valence-electron chi connectivity index (χ2n) is 4.37. The Morgan fingerprint density at radius 1 is 1.38 bits per heavy atom. The van der Waals surface area contributed by atoms with Crippen molar-refractivity contribution in [1.29, 1.82) is 0 Å². The molecule has 1 aromatic carbocycles. The van der Waals surface area contributed by atoms with E-state index in [9.17, 15) is 4.79 Å². The summed E-state index contributed by atoms with van der Waals surface area (Å²) in [5, 5.41) is 6.17. The molecule has 0 radical (unpaired) electrons. The maximum absolute atomic E-state index is 11.8. The molecule has 0 fully saturated rings. The summed E-state index contributed by atoms with van der Waals surface area (Å²) >= 11 is 7.62. The summed E-state index contributed by atoms with van der Waals surface area (Å²) in [4.78, 5) is 12.9. The van der Waals surface area contributed by atoms with E-state index in [0.29, 0.717) is 27.6 Å². The zero-order valence-corrected chi connectivity index (χ0v) is 12.6. The Labute approximate surface area is 130 Å². The molecule has 1 N–H and O–H groups in total. The van der Waals surface area contributed by atoms with Crippen LogP contribution in [0.2, 0.25) is 5.02 Å². The highest BCUT2D eigenvalue weighted by Crippen LogP contribution is 2.36. The van der Waals surface area contributed by atoms with Gasteiger partial charge in [-0.15, -0.1) is 11.3 Å². The largest absolute Gasteiger partial charge is 0.454 e. The molecule has 21 heavy (non-hydrogen) atoms. The Hall–Kier alpha value is -2.05. The van der Waals surface area contributed by atoms with Crippen molar-refractivity contribution in [3.8, 4) is 11.5 Å². The van der Waals surface area contributed by atoms with E-state index in [2.05, 4.69) is 10.5 Å². The molecule has 3 rings (SSSR count). The van der Waals surface area contributed by atoms with Crippen LogP contribution in [-0.4, -0.2) is 18.9 Å². The van der Waals surface area contributed by atoms with E-state index in [1.807, 2.05) is 13.0 Å². The molecule has 2 aromatic rings. The number of benzene rings is 1. The van der Waals surface area contributed by atoms with E-state index in [1.165, 1.54) is 17.6 Å². The van der Waals surface area contributed by atoms with Gasteiger partial charge in [0.2, 0.25) is 6.79 Å². The molecule has 108 valence electrons. The van der Waals surface area contributed by atoms with Crippen LogP contribution in [0.25, 0.3) is 0 Å². The van der Waals surface area contributed by atoms with Gasteiger partial charge in [-0.25, -0.2) is 5.43 Å². The number of thiophene rings is 1. The first-order valence-corrected chi connectivity index (χ1v) is 7.37. The first kappa shape index (κ1) is 13.9. The molecule has 0 atom stereocenters. The molecule has 2 heterocycles. The molecule has 1 aliphatic heterocycles. The van der Waals surface area contributed by atoms with Crippen molar-refractivity contribution in [2.24, 2.45) is 5.10 Å². The molecular weight excluding hydrogens is 312 g/mol. The summed E-state index contributed by atoms with van der Waals surface area (Å²) in [6.45, 7) is 2.12. The lowest BCUT2D eigenvalue weighted by Gasteiger charge is -2.01. The predicted octanol–water partition coefficient (Wildman–Crippen LogP) is 3.20. The number of fused-ring (bicyclic) bond motifs is 1. The monoisotopic (exact) mass is 322 g/mol. The summed E-state index contributed by atoms with van der Waals surface area (Å²) in [7, 11) is 0. The molecule has 1 aliphatic rings. The fourth-order valence-electron chi connectivity index (χ4n) is 1.82. The first-order valence-electron chi connectivity index (χ1n) is 6.11. The predicted molar refractivity (Wildman–Crippen MR) is 81.7 cm³/mol. The van der Waals surface area contributed by atoms with Gasteiger partial charge in [-0.1, -0.05) is 11.6 Å². The van der Waals surface area contributed by atoms with E-state index < -0.39 is 0 Å². The van der Waals surface area contributed by atoms with Gasteiger partial charge in [0, 0.05) is 21.9 Å². The molecule has 5 nitrogen and oxygen atoms in total. The van der Waals surface area contributed by atoms with Crippen molar-refractivity contribution >= 4 is 35.1 Å². The van der Waals surface area contributed by atoms with Gasteiger partial charge < -0.3 is 9.47 Å². The summed E-state index contributed by atoms with van der Waals surface area (Å²) in [5.74, 6) is 0.961. The van der Waals surface area contributed by atoms with Gasteiger partial charge in [0.25, 0.3) is 5.91 Å². The normalized spacial score (nSPS) is 12.9. The topological polar surface area (TPSA) is 59.9 Å². The van der Waals surface area contributed by atoms with E-state index in [0.717, 1.165) is 4.88 Å². The number of hydrogen-bond donors (Lipinski definition) is 1. The molecular formula is C14H11ClN2O3S. The zero-order valence-electron chi connectivity index (χ0n) is 11.1. The Morgan fingerprint density at radius 3 is 2.86 bits per heavy atom. The van der Waals surface area contributed by atoms with E-state index >= 15 is 0 Å². The quantitative estimate of drug-likeness (QED) is 0.697. The summed E-state index contributed by atoms with van der Waals surface area (Å²) < 4.78 is 10.5. The maximum atomic E-state index is 11.8. The van der Waals surface area contributed by atoms with Crippen LogP contribution < -0.4 is 14.9 Å². The standard InChI is InChI=1S/C14H11ClN2O3S/c1-8-2-10(6-21-8)14(18)17-16-5-9-3-12-13(4-11(9)15)20-7-19-12/h2-6H,7H2,1H3,(H,17,18). The Balaban J connectivity index is 1.70. The van der Waals surface area contributed by atoms with Crippen molar-refractivity contribution < 1.29 is 14.3 Å². The lowest BCUT2D eigenvalue weighted by atomic mass is 10.2. The lowest BCUT2D eigenvalue weighted by Crippen LogP contribution is -2.16. The van der Waals surface area contributed by atoms with Crippen LogP contribution >= 0.6 is 22.9 Å². The number of amides is 1. The van der Waals surface area contributed by atoms with Crippen molar-refractivity contribution in [2.45, 2.75) is 6.92 Å². The van der Waals surface area contributed by atoms with Gasteiger partial charge in [-0.3, -0.25) is 4.79 Å². The lowest BCUT2D eigenvalue weighted by molar-refractivity contribution is 0.0955. The van der Waals surface area contributed by atoms with Gasteiger partial charge in [0.05, 0.1) is 16.8 Å². The van der Waals surface area contributed by atoms with Crippen LogP contribution in [0.3, 0.4) is 0 Å². The summed E-state index contributed by atoms with van der Waals surface area (Å²) in [6, 6.07) is 5.19. The number of carbonyl (C=O) groups excluding carboxylic acids is 1. The molecule has 0 spiro atoms. The molecule has 0 unspecified atom stereocenters. The van der Waals surface area contributed by atoms with Crippen LogP contribution in [0.15, 0.2) is 28.7 Å². The Kier molecular flexibility index (Phi) is 3.81. The number of nitrogens with zero attached hydrogens (tertiary/aromatic N) is 1. The molecule has 0 bridgehead atoms. The van der Waals surface area contributed by atoms with Crippen LogP contribution in [-0.2, 0) is 0 Å². The van der Waals surface area contributed by atoms with Crippen molar-refractivity contribution in [3.63, 3.8) is 0 Å². The molecule has 0 saturated heterocycles. The third kappa shape index (κ3) is 3.01. The van der Waals surface area contributed by atoms with Crippen LogP contribution in [0.4, 0.5) is 0 Å². The SMILES string of the molecule is Cc1cc(C(=O)NN=Cc2cc3c(cc2Cl)OCO3)cs1. The van der Waals surface area contributed by atoms with E-state index in [1.54, 1.807) is 17.5 Å². The molecule has 1 amide bonds.